The summed E-state index contributed by atoms with van der Waals surface area (Å²) in [6.07, 6.45) is -1.03. The lowest BCUT2D eigenvalue weighted by atomic mass is 9.86. The van der Waals surface area contributed by atoms with Gasteiger partial charge >= 0.3 is 5.97 Å². The fourth-order valence-electron chi connectivity index (χ4n) is 2.43. The molecule has 7 heteroatoms. The van der Waals surface area contributed by atoms with Crippen LogP contribution in [-0.2, 0) is 10.2 Å². The molecule has 0 fully saturated rings. The predicted molar refractivity (Wildman–Crippen MR) is 102 cm³/mol. The summed E-state index contributed by atoms with van der Waals surface area (Å²) in [6, 6.07) is 10.7. The molecule has 0 amide bonds. The van der Waals surface area contributed by atoms with Crippen molar-refractivity contribution in [3.8, 4) is 0 Å². The lowest BCUT2D eigenvalue weighted by Crippen LogP contribution is -2.24. The molecule has 0 aromatic heterocycles. The number of hydrogen-bond acceptors (Lipinski definition) is 5. The van der Waals surface area contributed by atoms with Crippen molar-refractivity contribution in [3.05, 3.63) is 74.3 Å². The SMILES string of the molecule is C[C@H](OC(=O)c1ccc(Cl)c([N+](=O)[O-])c1)C(=O)c1ccc(C(C)(C)C)cc1. The first-order valence-corrected chi connectivity index (χ1v) is 8.68. The van der Waals surface area contributed by atoms with Gasteiger partial charge < -0.3 is 4.74 Å². The van der Waals surface area contributed by atoms with Crippen LogP contribution in [0.25, 0.3) is 0 Å². The van der Waals surface area contributed by atoms with E-state index in [-0.39, 0.29) is 21.8 Å². The molecule has 0 saturated carbocycles. The number of benzene rings is 2. The van der Waals surface area contributed by atoms with Crippen LogP contribution in [0.4, 0.5) is 5.69 Å². The van der Waals surface area contributed by atoms with E-state index in [0.717, 1.165) is 11.6 Å². The first-order valence-electron chi connectivity index (χ1n) is 8.30. The molecule has 0 saturated heterocycles. The number of nitro groups is 1. The van der Waals surface area contributed by atoms with Gasteiger partial charge in [-0.15, -0.1) is 0 Å². The van der Waals surface area contributed by atoms with Gasteiger partial charge in [0.25, 0.3) is 5.69 Å². The first-order chi connectivity index (χ1) is 12.5. The Hall–Kier alpha value is -2.73. The number of carbonyl (C=O) groups excluding carboxylic acids is 2. The quantitative estimate of drug-likeness (QED) is 0.311. The normalized spacial score (nSPS) is 12.3. The number of rotatable bonds is 5. The predicted octanol–water partition coefficient (Wildman–Crippen LogP) is 4.97. The van der Waals surface area contributed by atoms with Crippen molar-refractivity contribution in [2.45, 2.75) is 39.2 Å². The van der Waals surface area contributed by atoms with E-state index < -0.39 is 22.7 Å². The molecule has 6 nitrogen and oxygen atoms in total. The molecular weight excluding hydrogens is 370 g/mol. The molecular formula is C20H20ClNO5. The largest absolute Gasteiger partial charge is 0.451 e. The summed E-state index contributed by atoms with van der Waals surface area (Å²) in [7, 11) is 0. The summed E-state index contributed by atoms with van der Waals surface area (Å²) in [5.41, 5.74) is 1.02. The Morgan fingerprint density at radius 2 is 1.63 bits per heavy atom. The topological polar surface area (TPSA) is 86.5 Å². The third kappa shape index (κ3) is 4.92. The van der Waals surface area contributed by atoms with Crippen LogP contribution < -0.4 is 0 Å². The van der Waals surface area contributed by atoms with E-state index in [0.29, 0.717) is 5.56 Å². The van der Waals surface area contributed by atoms with Crippen molar-refractivity contribution in [3.63, 3.8) is 0 Å². The second-order valence-electron chi connectivity index (χ2n) is 7.16. The maximum Gasteiger partial charge on any atom is 0.339 e. The summed E-state index contributed by atoms with van der Waals surface area (Å²) in [4.78, 5) is 35.0. The fourth-order valence-corrected chi connectivity index (χ4v) is 2.62. The molecule has 0 N–H and O–H groups in total. The lowest BCUT2D eigenvalue weighted by Gasteiger charge is -2.19. The van der Waals surface area contributed by atoms with Gasteiger partial charge in [-0.2, -0.15) is 0 Å². The van der Waals surface area contributed by atoms with Crippen LogP contribution in [0.5, 0.6) is 0 Å². The number of Topliss-reactive ketones (excluding diaryl/α,β-unsaturated/α-hetero) is 1. The zero-order chi connectivity index (χ0) is 20.4. The van der Waals surface area contributed by atoms with Gasteiger partial charge in [0.2, 0.25) is 5.78 Å². The van der Waals surface area contributed by atoms with Crippen LogP contribution in [0.2, 0.25) is 5.02 Å². The van der Waals surface area contributed by atoms with Gasteiger partial charge in [-0.05, 0) is 30.0 Å². The Morgan fingerprint density at radius 3 is 2.15 bits per heavy atom. The van der Waals surface area contributed by atoms with Crippen molar-refractivity contribution in [1.82, 2.24) is 0 Å². The zero-order valence-electron chi connectivity index (χ0n) is 15.5. The fraction of sp³-hybridized carbons (Fsp3) is 0.300. The number of esters is 1. The second kappa shape index (κ2) is 7.88. The number of hydrogen-bond donors (Lipinski definition) is 0. The van der Waals surface area contributed by atoms with Crippen LogP contribution in [0.1, 0.15) is 54.0 Å². The molecule has 0 spiro atoms. The van der Waals surface area contributed by atoms with Gasteiger partial charge in [-0.1, -0.05) is 56.6 Å². The third-order valence-electron chi connectivity index (χ3n) is 4.07. The van der Waals surface area contributed by atoms with Gasteiger partial charge in [-0.25, -0.2) is 4.79 Å². The first kappa shape index (κ1) is 20.6. The summed E-state index contributed by atoms with van der Waals surface area (Å²) in [5.74, 6) is -1.19. The highest BCUT2D eigenvalue weighted by atomic mass is 35.5. The minimum atomic E-state index is -1.03. The van der Waals surface area contributed by atoms with E-state index in [9.17, 15) is 19.7 Å². The van der Waals surface area contributed by atoms with E-state index in [1.54, 1.807) is 12.1 Å². The van der Waals surface area contributed by atoms with Crippen LogP contribution in [-0.4, -0.2) is 22.8 Å². The molecule has 0 aliphatic rings. The number of halogens is 1. The molecule has 2 aromatic carbocycles. The molecule has 0 aliphatic heterocycles. The summed E-state index contributed by atoms with van der Waals surface area (Å²) < 4.78 is 5.17. The number of carbonyl (C=O) groups is 2. The van der Waals surface area contributed by atoms with Crippen molar-refractivity contribution in [2.24, 2.45) is 0 Å². The maximum atomic E-state index is 12.5. The minimum absolute atomic E-state index is 0.0387. The molecule has 2 rings (SSSR count). The van der Waals surface area contributed by atoms with Crippen molar-refractivity contribution in [1.29, 1.82) is 0 Å². The Labute approximate surface area is 162 Å². The molecule has 2 aromatic rings. The Morgan fingerprint density at radius 1 is 1.07 bits per heavy atom. The average Bonchev–Trinajstić information content (AvgIpc) is 2.60. The van der Waals surface area contributed by atoms with Crippen LogP contribution in [0, 0.1) is 10.1 Å². The number of ketones is 1. The standard InChI is InChI=1S/C20H20ClNO5/c1-12(18(23)13-5-8-15(9-6-13)20(2,3)4)27-19(24)14-7-10-16(21)17(11-14)22(25)26/h5-12H,1-4H3/t12-/m0/s1. The van der Waals surface area contributed by atoms with Gasteiger partial charge in [0, 0.05) is 11.6 Å². The summed E-state index contributed by atoms with van der Waals surface area (Å²) in [5, 5.41) is 10.8. The molecule has 142 valence electrons. The zero-order valence-corrected chi connectivity index (χ0v) is 16.2. The van der Waals surface area contributed by atoms with Gasteiger partial charge in [0.1, 0.15) is 5.02 Å². The molecule has 0 aliphatic carbocycles. The van der Waals surface area contributed by atoms with Crippen molar-refractivity contribution >= 4 is 29.0 Å². The van der Waals surface area contributed by atoms with Gasteiger partial charge in [0.05, 0.1) is 10.5 Å². The van der Waals surface area contributed by atoms with E-state index in [1.165, 1.54) is 19.1 Å². The Bertz CT molecular complexity index is 884. The lowest BCUT2D eigenvalue weighted by molar-refractivity contribution is -0.384. The Kier molecular flexibility index (Phi) is 6.01. The van der Waals surface area contributed by atoms with Crippen LogP contribution in [0.3, 0.4) is 0 Å². The number of nitrogens with zero attached hydrogens (tertiary/aromatic N) is 1. The number of ether oxygens (including phenoxy) is 1. The van der Waals surface area contributed by atoms with E-state index in [1.807, 2.05) is 12.1 Å². The van der Waals surface area contributed by atoms with E-state index >= 15 is 0 Å². The van der Waals surface area contributed by atoms with E-state index in [4.69, 9.17) is 16.3 Å². The van der Waals surface area contributed by atoms with Crippen LogP contribution >= 0.6 is 11.6 Å². The average molecular weight is 390 g/mol. The highest BCUT2D eigenvalue weighted by molar-refractivity contribution is 6.32. The van der Waals surface area contributed by atoms with E-state index in [2.05, 4.69) is 20.8 Å². The number of nitro benzene ring substituents is 1. The second-order valence-corrected chi connectivity index (χ2v) is 7.57. The molecule has 0 unspecified atom stereocenters. The van der Waals surface area contributed by atoms with Crippen molar-refractivity contribution in [2.75, 3.05) is 0 Å². The highest BCUT2D eigenvalue weighted by Gasteiger charge is 2.23. The van der Waals surface area contributed by atoms with Crippen molar-refractivity contribution < 1.29 is 19.2 Å². The maximum absolute atomic E-state index is 12.5. The molecule has 0 heterocycles. The van der Waals surface area contributed by atoms with Crippen LogP contribution in [0.15, 0.2) is 42.5 Å². The third-order valence-corrected chi connectivity index (χ3v) is 4.39. The minimum Gasteiger partial charge on any atom is -0.451 e. The Balaban J connectivity index is 2.13. The molecule has 0 bridgehead atoms. The molecule has 27 heavy (non-hydrogen) atoms. The monoisotopic (exact) mass is 389 g/mol. The highest BCUT2D eigenvalue weighted by Crippen LogP contribution is 2.26. The summed E-state index contributed by atoms with van der Waals surface area (Å²) >= 11 is 5.73. The van der Waals surface area contributed by atoms with Gasteiger partial charge in [0.15, 0.2) is 6.10 Å². The molecule has 0 radical (unpaired) electrons. The van der Waals surface area contributed by atoms with Gasteiger partial charge in [-0.3, -0.25) is 14.9 Å². The molecule has 1 atom stereocenters. The smallest absolute Gasteiger partial charge is 0.339 e. The summed E-state index contributed by atoms with van der Waals surface area (Å²) in [6.45, 7) is 7.67.